The van der Waals surface area contributed by atoms with Crippen molar-refractivity contribution in [1.29, 1.82) is 0 Å². The molecule has 1 atom stereocenters. The molecular formula is C10H17N5OS. The number of ether oxygens (including phenoxy) is 1. The third kappa shape index (κ3) is 3.45. The zero-order valence-electron chi connectivity index (χ0n) is 9.77. The van der Waals surface area contributed by atoms with Gasteiger partial charge in [0, 0.05) is 12.7 Å². The van der Waals surface area contributed by atoms with Crippen LogP contribution in [0.2, 0.25) is 0 Å². The molecule has 1 aromatic rings. The Bertz CT molecular complexity index is 347. The molecule has 0 spiro atoms. The van der Waals surface area contributed by atoms with Crippen LogP contribution in [0.25, 0.3) is 0 Å². The van der Waals surface area contributed by atoms with E-state index >= 15 is 0 Å². The molecule has 2 heterocycles. The summed E-state index contributed by atoms with van der Waals surface area (Å²) in [5.41, 5.74) is 2.54. The Morgan fingerprint density at radius 1 is 1.47 bits per heavy atom. The summed E-state index contributed by atoms with van der Waals surface area (Å²) in [4.78, 5) is 8.59. The Kier molecular flexibility index (Phi) is 4.41. The van der Waals surface area contributed by atoms with E-state index in [-0.39, 0.29) is 0 Å². The number of hydrazine groups is 1. The van der Waals surface area contributed by atoms with Gasteiger partial charge in [-0.1, -0.05) is 11.8 Å². The number of hydrogen-bond donors (Lipinski definition) is 3. The van der Waals surface area contributed by atoms with Crippen LogP contribution < -0.4 is 16.6 Å². The number of nitrogens with two attached hydrogens (primary N) is 1. The van der Waals surface area contributed by atoms with E-state index in [1.807, 2.05) is 6.26 Å². The molecule has 1 aromatic heterocycles. The van der Waals surface area contributed by atoms with E-state index in [2.05, 4.69) is 20.7 Å². The Morgan fingerprint density at radius 2 is 2.29 bits per heavy atom. The summed E-state index contributed by atoms with van der Waals surface area (Å²) in [7, 11) is 0. The van der Waals surface area contributed by atoms with Gasteiger partial charge in [-0.25, -0.2) is 15.8 Å². The van der Waals surface area contributed by atoms with Gasteiger partial charge < -0.3 is 15.5 Å². The molecular weight excluding hydrogens is 238 g/mol. The predicted octanol–water partition coefficient (Wildman–Crippen LogP) is 1.07. The van der Waals surface area contributed by atoms with Gasteiger partial charge in [-0.15, -0.1) is 0 Å². The molecule has 17 heavy (non-hydrogen) atoms. The summed E-state index contributed by atoms with van der Waals surface area (Å²) in [6.45, 7) is 1.58. The van der Waals surface area contributed by atoms with E-state index in [9.17, 15) is 0 Å². The molecule has 1 fully saturated rings. The maximum absolute atomic E-state index is 5.42. The van der Waals surface area contributed by atoms with Crippen LogP contribution in [0.5, 0.6) is 0 Å². The lowest BCUT2D eigenvalue weighted by Gasteiger charge is -2.23. The summed E-state index contributed by atoms with van der Waals surface area (Å²) >= 11 is 1.49. The van der Waals surface area contributed by atoms with E-state index in [0.717, 1.165) is 31.9 Å². The first-order valence-corrected chi connectivity index (χ1v) is 6.78. The molecule has 0 amide bonds. The van der Waals surface area contributed by atoms with Gasteiger partial charge in [0.05, 0.1) is 12.6 Å². The van der Waals surface area contributed by atoms with Gasteiger partial charge in [0.2, 0.25) is 0 Å². The molecule has 4 N–H and O–H groups in total. The van der Waals surface area contributed by atoms with Crippen LogP contribution in [-0.2, 0) is 4.74 Å². The van der Waals surface area contributed by atoms with Crippen molar-refractivity contribution in [2.24, 2.45) is 5.84 Å². The van der Waals surface area contributed by atoms with Crippen LogP contribution in [-0.4, -0.2) is 35.5 Å². The molecule has 0 aromatic carbocycles. The average molecular weight is 255 g/mol. The van der Waals surface area contributed by atoms with Crippen LogP contribution >= 0.6 is 11.8 Å². The van der Waals surface area contributed by atoms with Crippen molar-refractivity contribution in [3.05, 3.63) is 6.07 Å². The van der Waals surface area contributed by atoms with Crippen molar-refractivity contribution in [1.82, 2.24) is 9.97 Å². The number of thioether (sulfide) groups is 1. The molecule has 7 heteroatoms. The second-order valence-electron chi connectivity index (χ2n) is 3.83. The fourth-order valence-electron chi connectivity index (χ4n) is 1.73. The number of nitrogens with one attached hydrogen (secondary N) is 2. The minimum Gasteiger partial charge on any atom is -0.379 e. The molecule has 1 unspecified atom stereocenters. The monoisotopic (exact) mass is 255 g/mol. The van der Waals surface area contributed by atoms with E-state index in [1.54, 1.807) is 6.07 Å². The van der Waals surface area contributed by atoms with Gasteiger partial charge in [0.15, 0.2) is 5.16 Å². The SMILES string of the molecule is CSc1nc(NN)cc(NC2CCCOC2)n1. The molecule has 94 valence electrons. The summed E-state index contributed by atoms with van der Waals surface area (Å²) < 4.78 is 5.42. The van der Waals surface area contributed by atoms with E-state index < -0.39 is 0 Å². The number of aromatic nitrogens is 2. The summed E-state index contributed by atoms with van der Waals surface area (Å²) in [5, 5.41) is 4.04. The van der Waals surface area contributed by atoms with E-state index in [4.69, 9.17) is 10.6 Å². The van der Waals surface area contributed by atoms with Gasteiger partial charge in [0.25, 0.3) is 0 Å². The Morgan fingerprint density at radius 3 is 2.94 bits per heavy atom. The molecule has 1 aliphatic heterocycles. The molecule has 1 saturated heterocycles. The normalized spacial score (nSPS) is 20.0. The number of nitrogens with zero attached hydrogens (tertiary/aromatic N) is 2. The summed E-state index contributed by atoms with van der Waals surface area (Å²) in [6.07, 6.45) is 4.12. The van der Waals surface area contributed by atoms with Crippen LogP contribution in [0.3, 0.4) is 0 Å². The van der Waals surface area contributed by atoms with Crippen LogP contribution in [0.1, 0.15) is 12.8 Å². The van der Waals surface area contributed by atoms with E-state index in [1.165, 1.54) is 11.8 Å². The minimum atomic E-state index is 0.319. The van der Waals surface area contributed by atoms with Crippen molar-refractivity contribution in [3.8, 4) is 0 Å². The number of hydrogen-bond acceptors (Lipinski definition) is 7. The van der Waals surface area contributed by atoms with E-state index in [0.29, 0.717) is 17.0 Å². The largest absolute Gasteiger partial charge is 0.379 e. The zero-order chi connectivity index (χ0) is 12.1. The lowest BCUT2D eigenvalue weighted by Crippen LogP contribution is -2.30. The first-order chi connectivity index (χ1) is 8.31. The lowest BCUT2D eigenvalue weighted by molar-refractivity contribution is 0.0875. The molecule has 0 bridgehead atoms. The molecule has 0 radical (unpaired) electrons. The first kappa shape index (κ1) is 12.4. The average Bonchev–Trinajstić information content (AvgIpc) is 2.39. The van der Waals surface area contributed by atoms with Crippen molar-refractivity contribution in [2.45, 2.75) is 24.0 Å². The smallest absolute Gasteiger partial charge is 0.191 e. The highest BCUT2D eigenvalue weighted by Gasteiger charge is 2.14. The van der Waals surface area contributed by atoms with Crippen LogP contribution in [0.15, 0.2) is 11.2 Å². The van der Waals surface area contributed by atoms with Gasteiger partial charge in [-0.3, -0.25) is 0 Å². The summed E-state index contributed by atoms with van der Waals surface area (Å²) in [6, 6.07) is 2.12. The third-order valence-electron chi connectivity index (χ3n) is 2.55. The lowest BCUT2D eigenvalue weighted by atomic mass is 10.1. The fraction of sp³-hybridized carbons (Fsp3) is 0.600. The minimum absolute atomic E-state index is 0.319. The second kappa shape index (κ2) is 6.04. The number of rotatable bonds is 4. The van der Waals surface area contributed by atoms with Gasteiger partial charge in [-0.2, -0.15) is 0 Å². The molecule has 0 aliphatic carbocycles. The van der Waals surface area contributed by atoms with Crippen LogP contribution in [0.4, 0.5) is 11.6 Å². The fourth-order valence-corrected chi connectivity index (χ4v) is 2.11. The van der Waals surface area contributed by atoms with Gasteiger partial charge >= 0.3 is 0 Å². The van der Waals surface area contributed by atoms with Gasteiger partial charge in [0.1, 0.15) is 11.6 Å². The van der Waals surface area contributed by atoms with Crippen molar-refractivity contribution in [3.63, 3.8) is 0 Å². The van der Waals surface area contributed by atoms with Crippen molar-refractivity contribution >= 4 is 23.4 Å². The maximum atomic E-state index is 5.42. The molecule has 6 nitrogen and oxygen atoms in total. The zero-order valence-corrected chi connectivity index (χ0v) is 10.6. The highest BCUT2D eigenvalue weighted by molar-refractivity contribution is 7.98. The first-order valence-electron chi connectivity index (χ1n) is 5.56. The van der Waals surface area contributed by atoms with Crippen molar-refractivity contribution in [2.75, 3.05) is 30.2 Å². The van der Waals surface area contributed by atoms with Crippen LogP contribution in [0, 0.1) is 0 Å². The highest BCUT2D eigenvalue weighted by atomic mass is 32.2. The predicted molar refractivity (Wildman–Crippen MR) is 69.1 cm³/mol. The Hall–Kier alpha value is -1.05. The summed E-state index contributed by atoms with van der Waals surface area (Å²) in [5.74, 6) is 6.77. The molecule has 0 saturated carbocycles. The number of nitrogen functional groups attached to an aromatic ring is 1. The maximum Gasteiger partial charge on any atom is 0.191 e. The third-order valence-corrected chi connectivity index (χ3v) is 3.10. The molecule has 1 aliphatic rings. The van der Waals surface area contributed by atoms with Gasteiger partial charge in [-0.05, 0) is 19.1 Å². The molecule has 2 rings (SSSR count). The standard InChI is InChI=1S/C10H17N5OS/c1-17-10-13-8(5-9(14-10)15-11)12-7-3-2-4-16-6-7/h5,7H,2-4,6,11H2,1H3,(H2,12,13,14,15). The quantitative estimate of drug-likeness (QED) is 0.321. The highest BCUT2D eigenvalue weighted by Crippen LogP contribution is 2.19. The number of anilines is 2. The Labute approximate surface area is 105 Å². The van der Waals surface area contributed by atoms with Crippen molar-refractivity contribution < 1.29 is 4.74 Å². The topological polar surface area (TPSA) is 85.1 Å². The Balaban J connectivity index is 2.07. The second-order valence-corrected chi connectivity index (χ2v) is 4.60.